The molecular weight excluding hydrogens is 455 g/mol. The minimum atomic E-state index is -4.77. The highest BCUT2D eigenvalue weighted by atomic mass is 32.2. The first-order chi connectivity index (χ1) is 15.8. The van der Waals surface area contributed by atoms with Gasteiger partial charge in [-0.15, -0.1) is 23.4 Å². The van der Waals surface area contributed by atoms with Gasteiger partial charge in [-0.1, -0.05) is 36.9 Å². The SMILES string of the molecule is CC[C@H](Sc1nnc2c3ccccc3n(CC)c2n1)C(=O)Nc1ccc(OC(F)(F)F)cc1. The van der Waals surface area contributed by atoms with Crippen LogP contribution in [0.3, 0.4) is 0 Å². The topological polar surface area (TPSA) is 81.9 Å². The fourth-order valence-corrected chi connectivity index (χ4v) is 4.29. The third-order valence-electron chi connectivity index (χ3n) is 4.94. The Hall–Kier alpha value is -3.34. The van der Waals surface area contributed by atoms with E-state index in [1.54, 1.807) is 0 Å². The molecule has 7 nitrogen and oxygen atoms in total. The molecule has 0 radical (unpaired) electrons. The lowest BCUT2D eigenvalue weighted by Crippen LogP contribution is -2.25. The molecule has 4 rings (SSSR count). The van der Waals surface area contributed by atoms with Crippen LogP contribution in [-0.4, -0.2) is 37.3 Å². The van der Waals surface area contributed by atoms with Gasteiger partial charge in [-0.25, -0.2) is 4.98 Å². The molecule has 0 bridgehead atoms. The van der Waals surface area contributed by atoms with Crippen LogP contribution in [0.4, 0.5) is 18.9 Å². The molecule has 0 unspecified atom stereocenters. The molecule has 0 aliphatic heterocycles. The van der Waals surface area contributed by atoms with Crippen molar-refractivity contribution in [3.05, 3.63) is 48.5 Å². The van der Waals surface area contributed by atoms with E-state index in [-0.39, 0.29) is 11.7 Å². The molecule has 0 saturated heterocycles. The zero-order chi connectivity index (χ0) is 23.6. The lowest BCUT2D eigenvalue weighted by Gasteiger charge is -2.14. The molecule has 33 heavy (non-hydrogen) atoms. The molecule has 4 aromatic rings. The van der Waals surface area contributed by atoms with Gasteiger partial charge in [0.15, 0.2) is 5.65 Å². The number of hydrogen-bond acceptors (Lipinski definition) is 6. The Balaban J connectivity index is 1.51. The summed E-state index contributed by atoms with van der Waals surface area (Å²) in [6, 6.07) is 12.8. The number of thioether (sulfide) groups is 1. The molecule has 1 N–H and O–H groups in total. The molecule has 172 valence electrons. The average molecular weight is 475 g/mol. The molecule has 2 aromatic carbocycles. The summed E-state index contributed by atoms with van der Waals surface area (Å²) in [6.07, 6.45) is -4.28. The Kier molecular flexibility index (Phi) is 6.41. The molecule has 0 aliphatic carbocycles. The molecule has 2 aromatic heterocycles. The van der Waals surface area contributed by atoms with Crippen molar-refractivity contribution in [3.63, 3.8) is 0 Å². The number of para-hydroxylation sites is 1. The smallest absolute Gasteiger partial charge is 0.406 e. The zero-order valence-electron chi connectivity index (χ0n) is 17.8. The number of fused-ring (bicyclic) bond motifs is 3. The molecule has 2 heterocycles. The molecule has 0 aliphatic rings. The Morgan fingerprint density at radius 3 is 2.52 bits per heavy atom. The Labute approximate surface area is 191 Å². The van der Waals surface area contributed by atoms with Gasteiger partial charge in [-0.3, -0.25) is 4.79 Å². The third kappa shape index (κ3) is 5.03. The van der Waals surface area contributed by atoms with Gasteiger partial charge in [0.05, 0.1) is 10.8 Å². The molecule has 0 saturated carbocycles. The Bertz CT molecular complexity index is 1290. The van der Waals surface area contributed by atoms with Gasteiger partial charge in [-0.05, 0) is 43.7 Å². The van der Waals surface area contributed by atoms with E-state index in [0.29, 0.717) is 35.0 Å². The van der Waals surface area contributed by atoms with Crippen LogP contribution in [0.15, 0.2) is 53.7 Å². The molecule has 1 amide bonds. The van der Waals surface area contributed by atoms with Crippen LogP contribution >= 0.6 is 11.8 Å². The summed E-state index contributed by atoms with van der Waals surface area (Å²) in [4.78, 5) is 17.4. The number of carbonyl (C=O) groups excluding carboxylic acids is 1. The number of benzene rings is 2. The molecule has 1 atom stereocenters. The number of halogens is 3. The highest BCUT2D eigenvalue weighted by Gasteiger charge is 2.31. The van der Waals surface area contributed by atoms with Gasteiger partial charge in [0.2, 0.25) is 11.1 Å². The number of nitrogens with zero attached hydrogens (tertiary/aromatic N) is 4. The summed E-state index contributed by atoms with van der Waals surface area (Å²) in [6.45, 7) is 4.58. The van der Waals surface area contributed by atoms with Crippen molar-refractivity contribution in [1.82, 2.24) is 19.7 Å². The van der Waals surface area contributed by atoms with E-state index in [9.17, 15) is 18.0 Å². The molecule has 0 spiro atoms. The van der Waals surface area contributed by atoms with E-state index in [2.05, 4.69) is 29.8 Å². The predicted molar refractivity (Wildman–Crippen MR) is 120 cm³/mol. The highest BCUT2D eigenvalue weighted by molar-refractivity contribution is 8.00. The van der Waals surface area contributed by atoms with Gasteiger partial charge >= 0.3 is 6.36 Å². The Morgan fingerprint density at radius 2 is 1.85 bits per heavy atom. The predicted octanol–water partition coefficient (Wildman–Crippen LogP) is 5.41. The molecule has 11 heteroatoms. The van der Waals surface area contributed by atoms with Crippen LogP contribution < -0.4 is 10.1 Å². The number of carbonyl (C=O) groups is 1. The van der Waals surface area contributed by atoms with Crippen molar-refractivity contribution in [3.8, 4) is 5.75 Å². The summed E-state index contributed by atoms with van der Waals surface area (Å²) in [5.74, 6) is -0.673. The number of ether oxygens (including phenoxy) is 1. The number of rotatable bonds is 7. The van der Waals surface area contributed by atoms with Crippen molar-refractivity contribution < 1.29 is 22.7 Å². The first kappa shape index (κ1) is 22.8. The summed E-state index contributed by atoms with van der Waals surface area (Å²) in [5.41, 5.74) is 2.78. The highest BCUT2D eigenvalue weighted by Crippen LogP contribution is 2.29. The van der Waals surface area contributed by atoms with E-state index >= 15 is 0 Å². The van der Waals surface area contributed by atoms with Crippen molar-refractivity contribution in [2.45, 2.75) is 43.6 Å². The summed E-state index contributed by atoms with van der Waals surface area (Å²) < 4.78 is 42.8. The maximum atomic E-state index is 12.8. The first-order valence-electron chi connectivity index (χ1n) is 10.2. The van der Waals surface area contributed by atoms with Gasteiger partial charge < -0.3 is 14.6 Å². The minimum Gasteiger partial charge on any atom is -0.406 e. The number of alkyl halides is 3. The number of amides is 1. The van der Waals surface area contributed by atoms with Crippen LogP contribution in [0, 0.1) is 0 Å². The van der Waals surface area contributed by atoms with E-state index in [1.807, 2.05) is 38.1 Å². The largest absolute Gasteiger partial charge is 0.573 e. The number of hydrogen-bond donors (Lipinski definition) is 1. The quantitative estimate of drug-likeness (QED) is 0.360. The van der Waals surface area contributed by atoms with Gasteiger partial charge in [0.1, 0.15) is 11.3 Å². The van der Waals surface area contributed by atoms with Gasteiger partial charge in [0.25, 0.3) is 0 Å². The second kappa shape index (κ2) is 9.26. The lowest BCUT2D eigenvalue weighted by atomic mass is 10.2. The van der Waals surface area contributed by atoms with Crippen molar-refractivity contribution >= 4 is 45.4 Å². The van der Waals surface area contributed by atoms with E-state index in [1.165, 1.54) is 23.9 Å². The lowest BCUT2D eigenvalue weighted by molar-refractivity contribution is -0.274. The summed E-state index contributed by atoms with van der Waals surface area (Å²) in [7, 11) is 0. The number of aryl methyl sites for hydroxylation is 1. The van der Waals surface area contributed by atoms with Crippen LogP contribution in [-0.2, 0) is 11.3 Å². The summed E-state index contributed by atoms with van der Waals surface area (Å²) >= 11 is 1.19. The van der Waals surface area contributed by atoms with Crippen molar-refractivity contribution in [2.75, 3.05) is 5.32 Å². The van der Waals surface area contributed by atoms with Gasteiger partial charge in [-0.2, -0.15) is 0 Å². The first-order valence-corrected chi connectivity index (χ1v) is 11.1. The van der Waals surface area contributed by atoms with Crippen LogP contribution in [0.5, 0.6) is 5.75 Å². The van der Waals surface area contributed by atoms with Crippen LogP contribution in [0.2, 0.25) is 0 Å². The fraction of sp³-hybridized carbons (Fsp3) is 0.273. The monoisotopic (exact) mass is 475 g/mol. The maximum Gasteiger partial charge on any atom is 0.573 e. The Morgan fingerprint density at radius 1 is 1.12 bits per heavy atom. The molecule has 0 fully saturated rings. The van der Waals surface area contributed by atoms with Crippen LogP contribution in [0.1, 0.15) is 20.3 Å². The average Bonchev–Trinajstić information content (AvgIpc) is 3.10. The van der Waals surface area contributed by atoms with Crippen LogP contribution in [0.25, 0.3) is 22.1 Å². The maximum absolute atomic E-state index is 12.8. The summed E-state index contributed by atoms with van der Waals surface area (Å²) in [5, 5.41) is 12.1. The number of anilines is 1. The van der Waals surface area contributed by atoms with Crippen molar-refractivity contribution in [1.29, 1.82) is 0 Å². The normalized spacial score (nSPS) is 12.8. The standard InChI is InChI=1S/C22H20F3N5O2S/c1-3-17(20(31)26-13-9-11-14(12-10-13)32-22(23,24)25)33-21-27-19-18(28-29-21)15-7-5-6-8-16(15)30(19)4-2/h5-12,17H,3-4H2,1-2H3,(H,26,31)/t17-/m0/s1. The van der Waals surface area contributed by atoms with E-state index in [0.717, 1.165) is 23.0 Å². The van der Waals surface area contributed by atoms with E-state index < -0.39 is 11.6 Å². The zero-order valence-corrected chi connectivity index (χ0v) is 18.6. The minimum absolute atomic E-state index is 0.313. The second-order valence-corrected chi connectivity index (χ2v) is 8.27. The second-order valence-electron chi connectivity index (χ2n) is 7.10. The third-order valence-corrected chi connectivity index (χ3v) is 6.15. The molecular formula is C22H20F3N5O2S. The van der Waals surface area contributed by atoms with Crippen molar-refractivity contribution in [2.24, 2.45) is 0 Å². The fourth-order valence-electron chi connectivity index (χ4n) is 3.47. The number of aromatic nitrogens is 4. The van der Waals surface area contributed by atoms with E-state index in [4.69, 9.17) is 0 Å². The van der Waals surface area contributed by atoms with Gasteiger partial charge in [0, 0.05) is 17.6 Å². The number of nitrogens with one attached hydrogen (secondary N) is 1.